The molecule has 2 nitrogen and oxygen atoms in total. The molecule has 2 heteroatoms. The van der Waals surface area contributed by atoms with Gasteiger partial charge in [0.1, 0.15) is 0 Å². The fourth-order valence-corrected chi connectivity index (χ4v) is 7.17. The molecule has 0 N–H and O–H groups in total. The first-order valence-electron chi connectivity index (χ1n) is 13.2. The fraction of sp³-hybridized carbons (Fsp3) is 0.964. The Morgan fingerprint density at radius 2 is 1.77 bits per heavy atom. The van der Waals surface area contributed by atoms with Crippen LogP contribution in [0.3, 0.4) is 0 Å². The zero-order valence-electron chi connectivity index (χ0n) is 21.4. The maximum atomic E-state index is 11.6. The van der Waals surface area contributed by atoms with Crippen molar-refractivity contribution in [3.8, 4) is 0 Å². The maximum absolute atomic E-state index is 11.6. The van der Waals surface area contributed by atoms with E-state index in [0.29, 0.717) is 23.2 Å². The van der Waals surface area contributed by atoms with Gasteiger partial charge in [-0.3, -0.25) is 4.79 Å². The third-order valence-electron chi connectivity index (χ3n) is 9.69. The van der Waals surface area contributed by atoms with Gasteiger partial charge in [-0.25, -0.2) is 0 Å². The zero-order chi connectivity index (χ0) is 22.4. The molecule has 0 aliphatic heterocycles. The van der Waals surface area contributed by atoms with Crippen molar-refractivity contribution in [2.24, 2.45) is 40.4 Å². The molecule has 0 bridgehead atoms. The molecule has 0 aromatic carbocycles. The molecule has 2 aliphatic carbocycles. The molecule has 2 aliphatic rings. The van der Waals surface area contributed by atoms with Crippen LogP contribution in [0.25, 0.3) is 0 Å². The second-order valence-electron chi connectivity index (χ2n) is 12.1. The average Bonchev–Trinajstić information content (AvgIpc) is 2.99. The largest absolute Gasteiger partial charge is 0.469 e. The minimum atomic E-state index is -0.0488. The van der Waals surface area contributed by atoms with Crippen molar-refractivity contribution in [1.29, 1.82) is 0 Å². The standard InChI is InChI=1S/C28H52O2/c1-21(2)12-15-24-11-8-9-18-27(24,5)19-10-20-28(6)23(4)14-16-25(28)22(3)13-17-26(29)30-7/h21-25H,8-20H2,1-7H3/t22?,23?,24?,25?,27-,28+/m1/s1. The van der Waals surface area contributed by atoms with Crippen LogP contribution in [0, 0.1) is 40.4 Å². The number of methoxy groups -OCH3 is 1. The van der Waals surface area contributed by atoms with Crippen LogP contribution in [-0.2, 0) is 9.53 Å². The van der Waals surface area contributed by atoms with Gasteiger partial charge in [-0.1, -0.05) is 67.2 Å². The highest BCUT2D eigenvalue weighted by molar-refractivity contribution is 5.69. The van der Waals surface area contributed by atoms with Gasteiger partial charge in [-0.2, -0.15) is 0 Å². The first-order valence-corrected chi connectivity index (χ1v) is 13.2. The van der Waals surface area contributed by atoms with E-state index >= 15 is 0 Å². The lowest BCUT2D eigenvalue weighted by Crippen LogP contribution is -2.34. The predicted octanol–water partition coefficient (Wildman–Crippen LogP) is 8.43. The van der Waals surface area contributed by atoms with E-state index in [4.69, 9.17) is 4.74 Å². The number of hydrogen-bond acceptors (Lipinski definition) is 2. The molecular weight excluding hydrogens is 368 g/mol. The summed E-state index contributed by atoms with van der Waals surface area (Å²) in [6.07, 6.45) is 17.1. The lowest BCUT2D eigenvalue weighted by molar-refractivity contribution is -0.141. The Labute approximate surface area is 188 Å². The maximum Gasteiger partial charge on any atom is 0.305 e. The highest BCUT2D eigenvalue weighted by Gasteiger charge is 2.46. The summed E-state index contributed by atoms with van der Waals surface area (Å²) >= 11 is 0. The average molecular weight is 421 g/mol. The van der Waals surface area contributed by atoms with Gasteiger partial charge in [0.25, 0.3) is 0 Å². The molecule has 176 valence electrons. The van der Waals surface area contributed by atoms with Crippen LogP contribution in [0.2, 0.25) is 0 Å². The van der Waals surface area contributed by atoms with Crippen molar-refractivity contribution in [2.75, 3.05) is 7.11 Å². The molecule has 2 saturated carbocycles. The number of hydrogen-bond donors (Lipinski definition) is 0. The molecule has 2 fully saturated rings. The van der Waals surface area contributed by atoms with Crippen molar-refractivity contribution in [3.63, 3.8) is 0 Å². The quantitative estimate of drug-likeness (QED) is 0.313. The number of ether oxygens (including phenoxy) is 1. The summed E-state index contributed by atoms with van der Waals surface area (Å²) in [5.41, 5.74) is 1.01. The molecule has 30 heavy (non-hydrogen) atoms. The summed E-state index contributed by atoms with van der Waals surface area (Å²) in [5, 5.41) is 0. The van der Waals surface area contributed by atoms with E-state index < -0.39 is 0 Å². The van der Waals surface area contributed by atoms with Crippen molar-refractivity contribution in [2.45, 2.75) is 125 Å². The van der Waals surface area contributed by atoms with E-state index in [2.05, 4.69) is 41.5 Å². The summed E-state index contributed by atoms with van der Waals surface area (Å²) in [5.74, 6) is 3.90. The van der Waals surface area contributed by atoms with E-state index in [1.54, 1.807) is 0 Å². The van der Waals surface area contributed by atoms with E-state index in [0.717, 1.165) is 30.1 Å². The van der Waals surface area contributed by atoms with E-state index in [1.807, 2.05) is 0 Å². The summed E-state index contributed by atoms with van der Waals surface area (Å²) in [6.45, 7) is 14.8. The minimum absolute atomic E-state index is 0.0488. The molecule has 0 heterocycles. The van der Waals surface area contributed by atoms with Crippen LogP contribution in [0.15, 0.2) is 0 Å². The smallest absolute Gasteiger partial charge is 0.305 e. The Morgan fingerprint density at radius 3 is 2.43 bits per heavy atom. The highest BCUT2D eigenvalue weighted by atomic mass is 16.5. The van der Waals surface area contributed by atoms with Gasteiger partial charge < -0.3 is 4.74 Å². The Bertz CT molecular complexity index is 527. The van der Waals surface area contributed by atoms with Crippen molar-refractivity contribution in [1.82, 2.24) is 0 Å². The molecule has 4 unspecified atom stereocenters. The van der Waals surface area contributed by atoms with E-state index in [1.165, 1.54) is 77.7 Å². The molecular formula is C28H52O2. The van der Waals surface area contributed by atoms with Gasteiger partial charge in [0.15, 0.2) is 0 Å². The van der Waals surface area contributed by atoms with Crippen molar-refractivity contribution < 1.29 is 9.53 Å². The molecule has 0 radical (unpaired) electrons. The van der Waals surface area contributed by atoms with Gasteiger partial charge in [-0.05, 0) is 91.8 Å². The summed E-state index contributed by atoms with van der Waals surface area (Å²) in [6, 6.07) is 0. The van der Waals surface area contributed by atoms with Gasteiger partial charge in [0.2, 0.25) is 0 Å². The van der Waals surface area contributed by atoms with Crippen LogP contribution in [-0.4, -0.2) is 13.1 Å². The normalized spacial score (nSPS) is 35.5. The van der Waals surface area contributed by atoms with Crippen LogP contribution >= 0.6 is 0 Å². The molecule has 0 amide bonds. The third-order valence-corrected chi connectivity index (χ3v) is 9.69. The number of carbonyl (C=O) groups excluding carboxylic acids is 1. The Kier molecular flexibility index (Phi) is 9.75. The van der Waals surface area contributed by atoms with Gasteiger partial charge in [0, 0.05) is 6.42 Å². The van der Waals surface area contributed by atoms with E-state index in [9.17, 15) is 4.79 Å². The Balaban J connectivity index is 1.94. The molecule has 0 aromatic rings. The van der Waals surface area contributed by atoms with E-state index in [-0.39, 0.29) is 5.97 Å². The fourth-order valence-electron chi connectivity index (χ4n) is 7.17. The number of carbonyl (C=O) groups is 1. The molecule has 2 rings (SSSR count). The number of esters is 1. The SMILES string of the molecule is COC(=O)CCC(C)C1CCC(C)[C@]1(C)CCC[C@@]1(C)CCCCC1CCC(C)C. The lowest BCUT2D eigenvalue weighted by atomic mass is 9.61. The second-order valence-corrected chi connectivity index (χ2v) is 12.1. The van der Waals surface area contributed by atoms with Gasteiger partial charge in [-0.15, -0.1) is 0 Å². The zero-order valence-corrected chi connectivity index (χ0v) is 21.4. The molecule has 0 aromatic heterocycles. The van der Waals surface area contributed by atoms with Gasteiger partial charge >= 0.3 is 5.97 Å². The Morgan fingerprint density at radius 1 is 1.03 bits per heavy atom. The summed E-state index contributed by atoms with van der Waals surface area (Å²) in [7, 11) is 1.51. The first-order chi connectivity index (χ1) is 14.1. The molecule has 6 atom stereocenters. The number of rotatable bonds is 11. The van der Waals surface area contributed by atoms with Crippen LogP contribution < -0.4 is 0 Å². The monoisotopic (exact) mass is 420 g/mol. The topological polar surface area (TPSA) is 26.3 Å². The van der Waals surface area contributed by atoms with Crippen LogP contribution in [0.1, 0.15) is 125 Å². The van der Waals surface area contributed by atoms with Crippen molar-refractivity contribution >= 4 is 5.97 Å². The molecule has 0 spiro atoms. The minimum Gasteiger partial charge on any atom is -0.469 e. The van der Waals surface area contributed by atoms with Crippen LogP contribution in [0.5, 0.6) is 0 Å². The first kappa shape index (κ1) is 25.7. The van der Waals surface area contributed by atoms with Gasteiger partial charge in [0.05, 0.1) is 7.11 Å². The van der Waals surface area contributed by atoms with Crippen LogP contribution in [0.4, 0.5) is 0 Å². The summed E-state index contributed by atoms with van der Waals surface area (Å²) in [4.78, 5) is 11.6. The lowest BCUT2D eigenvalue weighted by Gasteiger charge is -2.44. The predicted molar refractivity (Wildman–Crippen MR) is 128 cm³/mol. The highest BCUT2D eigenvalue weighted by Crippen LogP contribution is 2.55. The van der Waals surface area contributed by atoms with Crippen molar-refractivity contribution in [3.05, 3.63) is 0 Å². The second kappa shape index (κ2) is 11.4. The molecule has 0 saturated heterocycles. The third kappa shape index (κ3) is 6.49. The Hall–Kier alpha value is -0.530. The summed E-state index contributed by atoms with van der Waals surface area (Å²) < 4.78 is 4.89.